The zero-order chi connectivity index (χ0) is 26.4. The molecular formula is C29H20BrCl2NO4. The molecule has 5 nitrogen and oxygen atoms in total. The van der Waals surface area contributed by atoms with E-state index in [0.717, 1.165) is 5.56 Å². The van der Waals surface area contributed by atoms with Gasteiger partial charge in [0.1, 0.15) is 0 Å². The second-order valence-corrected chi connectivity index (χ2v) is 9.82. The molecular weight excluding hydrogens is 577 g/mol. The molecule has 1 amide bonds. The lowest BCUT2D eigenvalue weighted by Gasteiger charge is -2.23. The molecule has 1 N–H and O–H groups in total. The molecule has 0 aromatic heterocycles. The average Bonchev–Trinajstić information content (AvgIpc) is 2.92. The number of para-hydroxylation sites is 1. The topological polar surface area (TPSA) is 72.5 Å². The van der Waals surface area contributed by atoms with E-state index >= 15 is 0 Å². The van der Waals surface area contributed by atoms with Gasteiger partial charge in [0, 0.05) is 10.6 Å². The zero-order valence-corrected chi connectivity index (χ0v) is 22.3. The number of esters is 1. The van der Waals surface area contributed by atoms with Gasteiger partial charge in [0.15, 0.2) is 6.10 Å². The van der Waals surface area contributed by atoms with Gasteiger partial charge < -0.3 is 10.1 Å². The lowest BCUT2D eigenvalue weighted by atomic mass is 9.99. The third-order valence-corrected chi connectivity index (χ3v) is 7.06. The Morgan fingerprint density at radius 3 is 2.05 bits per heavy atom. The van der Waals surface area contributed by atoms with E-state index in [2.05, 4.69) is 21.2 Å². The summed E-state index contributed by atoms with van der Waals surface area (Å²) in [4.78, 5) is 39.1. The predicted molar refractivity (Wildman–Crippen MR) is 149 cm³/mol. The van der Waals surface area contributed by atoms with Gasteiger partial charge in [-0.3, -0.25) is 9.59 Å². The van der Waals surface area contributed by atoms with Gasteiger partial charge >= 0.3 is 5.97 Å². The van der Waals surface area contributed by atoms with Crippen LogP contribution in [-0.2, 0) is 4.74 Å². The molecule has 0 saturated heterocycles. The SMILES string of the molecule is O=C(Nc1ccccc1C(=O)O[C@H](C(=O)c1ccccc1)[C@@H](Br)c1ccccc1)c1ccc(Cl)cc1Cl. The smallest absolute Gasteiger partial charge is 0.341 e. The van der Waals surface area contributed by atoms with E-state index in [9.17, 15) is 14.4 Å². The van der Waals surface area contributed by atoms with Crippen molar-refractivity contribution in [1.82, 2.24) is 0 Å². The van der Waals surface area contributed by atoms with Crippen LogP contribution in [0.2, 0.25) is 10.0 Å². The van der Waals surface area contributed by atoms with Gasteiger partial charge in [0.25, 0.3) is 5.91 Å². The number of nitrogens with one attached hydrogen (secondary N) is 1. The van der Waals surface area contributed by atoms with Crippen molar-refractivity contribution in [1.29, 1.82) is 0 Å². The van der Waals surface area contributed by atoms with Gasteiger partial charge in [-0.1, -0.05) is 112 Å². The highest BCUT2D eigenvalue weighted by molar-refractivity contribution is 9.09. The number of anilines is 1. The molecule has 37 heavy (non-hydrogen) atoms. The average molecular weight is 597 g/mol. The third-order valence-electron chi connectivity index (χ3n) is 5.51. The number of halogens is 3. The second kappa shape index (κ2) is 12.2. The van der Waals surface area contributed by atoms with Crippen LogP contribution in [0.5, 0.6) is 0 Å². The number of hydrogen-bond donors (Lipinski definition) is 1. The number of carbonyl (C=O) groups excluding carboxylic acids is 3. The number of Topliss-reactive ketones (excluding diaryl/α,β-unsaturated/α-hetero) is 1. The van der Waals surface area contributed by atoms with Gasteiger partial charge in [-0.05, 0) is 35.9 Å². The Morgan fingerprint density at radius 2 is 1.38 bits per heavy atom. The molecule has 0 aliphatic rings. The van der Waals surface area contributed by atoms with Crippen LogP contribution >= 0.6 is 39.1 Å². The number of carbonyl (C=O) groups is 3. The lowest BCUT2D eigenvalue weighted by Crippen LogP contribution is -2.31. The van der Waals surface area contributed by atoms with Crippen LogP contribution in [0.3, 0.4) is 0 Å². The molecule has 0 aliphatic heterocycles. The van der Waals surface area contributed by atoms with E-state index in [4.69, 9.17) is 27.9 Å². The van der Waals surface area contributed by atoms with Crippen LogP contribution in [0, 0.1) is 0 Å². The molecule has 4 aromatic carbocycles. The summed E-state index contributed by atoms with van der Waals surface area (Å²) in [5, 5.41) is 3.26. The highest BCUT2D eigenvalue weighted by Gasteiger charge is 2.33. The van der Waals surface area contributed by atoms with Crippen molar-refractivity contribution in [3.05, 3.63) is 135 Å². The fourth-order valence-electron chi connectivity index (χ4n) is 3.64. The van der Waals surface area contributed by atoms with E-state index in [-0.39, 0.29) is 27.6 Å². The Balaban J connectivity index is 1.62. The molecule has 8 heteroatoms. The molecule has 0 fully saturated rings. The maximum Gasteiger partial charge on any atom is 0.341 e. The molecule has 0 aliphatic carbocycles. The van der Waals surface area contributed by atoms with Crippen LogP contribution in [0.4, 0.5) is 5.69 Å². The maximum atomic E-state index is 13.4. The monoisotopic (exact) mass is 595 g/mol. The fraction of sp³-hybridized carbons (Fsp3) is 0.0690. The predicted octanol–water partition coefficient (Wildman–Crippen LogP) is 7.79. The highest BCUT2D eigenvalue weighted by atomic mass is 79.9. The standard InChI is InChI=1S/C29H20BrCl2NO4/c30-25(18-9-3-1-4-10-18)27(26(34)19-11-5-2-6-12-19)37-29(36)22-13-7-8-14-24(22)33-28(35)21-16-15-20(31)17-23(21)32/h1-17,25,27H,(H,33,35)/t25-,27-/m0/s1. The van der Waals surface area contributed by atoms with Crippen molar-refractivity contribution in [3.8, 4) is 0 Å². The van der Waals surface area contributed by atoms with E-state index < -0.39 is 22.8 Å². The normalized spacial score (nSPS) is 12.3. The summed E-state index contributed by atoms with van der Waals surface area (Å²) in [6.45, 7) is 0. The Kier molecular flexibility index (Phi) is 8.77. The lowest BCUT2D eigenvalue weighted by molar-refractivity contribution is 0.0283. The molecule has 186 valence electrons. The van der Waals surface area contributed by atoms with Crippen LogP contribution in [0.1, 0.15) is 41.5 Å². The minimum atomic E-state index is -1.17. The Morgan fingerprint density at radius 1 is 0.757 bits per heavy atom. The van der Waals surface area contributed by atoms with Crippen molar-refractivity contribution in [2.75, 3.05) is 5.32 Å². The highest BCUT2D eigenvalue weighted by Crippen LogP contribution is 2.32. The summed E-state index contributed by atoms with van der Waals surface area (Å²) in [5.41, 5.74) is 1.65. The Labute approximate surface area is 232 Å². The van der Waals surface area contributed by atoms with Crippen molar-refractivity contribution in [2.45, 2.75) is 10.9 Å². The fourth-order valence-corrected chi connectivity index (χ4v) is 4.78. The van der Waals surface area contributed by atoms with Crippen LogP contribution in [-0.4, -0.2) is 23.8 Å². The van der Waals surface area contributed by atoms with Crippen molar-refractivity contribution in [2.24, 2.45) is 0 Å². The summed E-state index contributed by atoms with van der Waals surface area (Å²) in [6.07, 6.45) is -1.17. The number of rotatable bonds is 8. The number of amides is 1. The molecule has 0 saturated carbocycles. The van der Waals surface area contributed by atoms with Crippen molar-refractivity contribution >= 4 is 62.5 Å². The first kappa shape index (κ1) is 26.6. The molecule has 4 aromatic rings. The van der Waals surface area contributed by atoms with Crippen molar-refractivity contribution in [3.63, 3.8) is 0 Å². The summed E-state index contributed by atoms with van der Waals surface area (Å²) >= 11 is 15.7. The van der Waals surface area contributed by atoms with Crippen LogP contribution in [0.15, 0.2) is 103 Å². The first-order chi connectivity index (χ1) is 17.8. The van der Waals surface area contributed by atoms with E-state index in [1.807, 2.05) is 30.3 Å². The molecule has 4 rings (SSSR count). The summed E-state index contributed by atoms with van der Waals surface area (Å²) in [5.74, 6) is -1.66. The van der Waals surface area contributed by atoms with E-state index in [1.165, 1.54) is 18.2 Å². The van der Waals surface area contributed by atoms with E-state index in [0.29, 0.717) is 10.6 Å². The second-order valence-electron chi connectivity index (χ2n) is 7.99. The summed E-state index contributed by atoms with van der Waals surface area (Å²) in [6, 6.07) is 28.7. The van der Waals surface area contributed by atoms with Gasteiger partial charge in [0.2, 0.25) is 5.78 Å². The molecule has 0 heterocycles. The third kappa shape index (κ3) is 6.46. The molecule has 0 spiro atoms. The largest absolute Gasteiger partial charge is 0.449 e. The number of benzene rings is 4. The molecule has 0 bridgehead atoms. The number of alkyl halides is 1. The Hall–Kier alpha value is -3.45. The van der Waals surface area contributed by atoms with Gasteiger partial charge in [0.05, 0.1) is 26.7 Å². The Bertz CT molecular complexity index is 1430. The molecule has 2 atom stereocenters. The van der Waals surface area contributed by atoms with Crippen LogP contribution in [0.25, 0.3) is 0 Å². The van der Waals surface area contributed by atoms with Gasteiger partial charge in [-0.15, -0.1) is 0 Å². The first-order valence-electron chi connectivity index (χ1n) is 11.2. The first-order valence-corrected chi connectivity index (χ1v) is 12.9. The minimum absolute atomic E-state index is 0.0829. The van der Waals surface area contributed by atoms with Crippen LogP contribution < -0.4 is 5.32 Å². The molecule has 0 radical (unpaired) electrons. The summed E-state index contributed by atoms with van der Waals surface area (Å²) < 4.78 is 5.81. The molecule has 0 unspecified atom stereocenters. The number of hydrogen-bond acceptors (Lipinski definition) is 4. The zero-order valence-electron chi connectivity index (χ0n) is 19.2. The maximum absolute atomic E-state index is 13.4. The number of ketones is 1. The van der Waals surface area contributed by atoms with Crippen molar-refractivity contribution < 1.29 is 19.1 Å². The van der Waals surface area contributed by atoms with Gasteiger partial charge in [-0.25, -0.2) is 4.79 Å². The number of ether oxygens (including phenoxy) is 1. The van der Waals surface area contributed by atoms with E-state index in [1.54, 1.807) is 54.6 Å². The van der Waals surface area contributed by atoms with Gasteiger partial charge in [-0.2, -0.15) is 0 Å². The minimum Gasteiger partial charge on any atom is -0.449 e. The summed E-state index contributed by atoms with van der Waals surface area (Å²) in [7, 11) is 0. The quantitative estimate of drug-likeness (QED) is 0.128.